The summed E-state index contributed by atoms with van der Waals surface area (Å²) in [6.07, 6.45) is 0.980. The molecular weight excluding hydrogens is 336 g/mol. The van der Waals surface area contributed by atoms with E-state index >= 15 is 0 Å². The van der Waals surface area contributed by atoms with Gasteiger partial charge in [-0.25, -0.2) is 4.98 Å². The maximum atomic E-state index is 4.86. The number of aryl methyl sites for hydroxylation is 1. The molecule has 1 aliphatic rings. The van der Waals surface area contributed by atoms with Crippen LogP contribution in [-0.2, 0) is 6.42 Å². The van der Waals surface area contributed by atoms with Crippen LogP contribution >= 0.6 is 0 Å². The van der Waals surface area contributed by atoms with E-state index in [1.807, 2.05) is 0 Å². The van der Waals surface area contributed by atoms with Crippen LogP contribution < -0.4 is 4.90 Å². The van der Waals surface area contributed by atoms with Gasteiger partial charge in [0, 0.05) is 37.3 Å². The molecule has 6 nitrogen and oxygen atoms in total. The zero-order valence-corrected chi connectivity index (χ0v) is 15.8. The van der Waals surface area contributed by atoms with Crippen LogP contribution in [0.3, 0.4) is 0 Å². The van der Waals surface area contributed by atoms with Crippen molar-refractivity contribution in [1.29, 1.82) is 0 Å². The van der Waals surface area contributed by atoms with Crippen LogP contribution in [0.5, 0.6) is 0 Å². The van der Waals surface area contributed by atoms with Crippen LogP contribution in [0.1, 0.15) is 12.5 Å². The number of likely N-dealkylation sites (N-methyl/N-ethyl adjacent to an activating group) is 1. The molecule has 4 aromatic rings. The molecule has 0 amide bonds. The highest BCUT2D eigenvalue weighted by Crippen LogP contribution is 2.29. The van der Waals surface area contributed by atoms with E-state index < -0.39 is 0 Å². The number of nitrogens with one attached hydrogen (secondary N) is 2. The zero-order chi connectivity index (χ0) is 18.4. The van der Waals surface area contributed by atoms with Crippen molar-refractivity contribution < 1.29 is 0 Å². The van der Waals surface area contributed by atoms with Crippen LogP contribution in [0.15, 0.2) is 36.4 Å². The fourth-order valence-corrected chi connectivity index (χ4v) is 3.94. The SMILES string of the molecule is CCc1cccc2c(-c3nc4cc(N5CCN(C)CC5)ccc4[nH]3)n[nH]c12. The van der Waals surface area contributed by atoms with Crippen molar-refractivity contribution in [3.05, 3.63) is 42.0 Å². The second kappa shape index (κ2) is 6.39. The van der Waals surface area contributed by atoms with Crippen molar-refractivity contribution >= 4 is 27.6 Å². The minimum Gasteiger partial charge on any atom is -0.369 e. The van der Waals surface area contributed by atoms with Gasteiger partial charge in [-0.15, -0.1) is 0 Å². The molecule has 0 bridgehead atoms. The number of hydrogen-bond acceptors (Lipinski definition) is 4. The van der Waals surface area contributed by atoms with Crippen molar-refractivity contribution in [2.24, 2.45) is 0 Å². The molecule has 1 fully saturated rings. The number of aromatic amines is 2. The second-order valence-electron chi connectivity index (χ2n) is 7.34. The Labute approximate surface area is 158 Å². The molecule has 2 aromatic carbocycles. The van der Waals surface area contributed by atoms with Gasteiger partial charge in [0.05, 0.1) is 16.6 Å². The first-order valence-electron chi connectivity index (χ1n) is 9.62. The van der Waals surface area contributed by atoms with Crippen molar-refractivity contribution in [3.63, 3.8) is 0 Å². The molecule has 5 rings (SSSR count). The highest BCUT2D eigenvalue weighted by Gasteiger charge is 2.17. The Balaban J connectivity index is 1.54. The summed E-state index contributed by atoms with van der Waals surface area (Å²) in [6, 6.07) is 12.8. The molecule has 0 atom stereocenters. The molecule has 2 aromatic heterocycles. The Morgan fingerprint density at radius 2 is 1.93 bits per heavy atom. The molecule has 1 aliphatic heterocycles. The Morgan fingerprint density at radius 1 is 1.07 bits per heavy atom. The lowest BCUT2D eigenvalue weighted by Crippen LogP contribution is -2.44. The Hall–Kier alpha value is -2.86. The van der Waals surface area contributed by atoms with Gasteiger partial charge in [0.1, 0.15) is 5.69 Å². The minimum atomic E-state index is 0.819. The zero-order valence-electron chi connectivity index (χ0n) is 15.8. The molecule has 0 unspecified atom stereocenters. The number of anilines is 1. The van der Waals surface area contributed by atoms with Gasteiger partial charge in [-0.1, -0.05) is 25.1 Å². The monoisotopic (exact) mass is 360 g/mol. The highest BCUT2D eigenvalue weighted by atomic mass is 15.2. The molecule has 0 aliphatic carbocycles. The van der Waals surface area contributed by atoms with Crippen LogP contribution in [-0.4, -0.2) is 58.3 Å². The third-order valence-corrected chi connectivity index (χ3v) is 5.63. The summed E-state index contributed by atoms with van der Waals surface area (Å²) in [4.78, 5) is 13.1. The predicted octanol–water partition coefficient (Wildman–Crippen LogP) is 3.42. The van der Waals surface area contributed by atoms with Crippen LogP contribution in [0.2, 0.25) is 0 Å². The van der Waals surface area contributed by atoms with Gasteiger partial charge < -0.3 is 14.8 Å². The molecule has 138 valence electrons. The maximum absolute atomic E-state index is 4.86. The fourth-order valence-electron chi connectivity index (χ4n) is 3.94. The van der Waals surface area contributed by atoms with E-state index in [1.165, 1.54) is 11.3 Å². The summed E-state index contributed by atoms with van der Waals surface area (Å²) in [5.74, 6) is 0.819. The van der Waals surface area contributed by atoms with Gasteiger partial charge in [-0.2, -0.15) is 5.10 Å². The number of H-pyrrole nitrogens is 2. The number of para-hydroxylation sites is 1. The number of nitrogens with zero attached hydrogens (tertiary/aromatic N) is 4. The summed E-state index contributed by atoms with van der Waals surface area (Å²) in [7, 11) is 2.18. The highest BCUT2D eigenvalue weighted by molar-refractivity contribution is 5.95. The minimum absolute atomic E-state index is 0.819. The molecule has 0 radical (unpaired) electrons. The molecule has 1 saturated heterocycles. The van der Waals surface area contributed by atoms with Crippen LogP contribution in [0, 0.1) is 0 Å². The largest absolute Gasteiger partial charge is 0.369 e. The van der Waals surface area contributed by atoms with Gasteiger partial charge in [0.2, 0.25) is 0 Å². The normalized spacial score (nSPS) is 15.9. The van der Waals surface area contributed by atoms with Crippen LogP contribution in [0.25, 0.3) is 33.5 Å². The quantitative estimate of drug-likeness (QED) is 0.588. The third-order valence-electron chi connectivity index (χ3n) is 5.63. The molecule has 0 saturated carbocycles. The number of aromatic nitrogens is 4. The van der Waals surface area contributed by atoms with Crippen LogP contribution in [0.4, 0.5) is 5.69 Å². The van der Waals surface area contributed by atoms with Gasteiger partial charge in [0.15, 0.2) is 5.82 Å². The van der Waals surface area contributed by atoms with E-state index in [9.17, 15) is 0 Å². The third kappa shape index (κ3) is 2.77. The summed E-state index contributed by atoms with van der Waals surface area (Å²) < 4.78 is 0. The lowest BCUT2D eigenvalue weighted by molar-refractivity contribution is 0.313. The average Bonchev–Trinajstić information content (AvgIpc) is 3.31. The summed E-state index contributed by atoms with van der Waals surface area (Å²) in [5.41, 5.74) is 6.55. The molecular formula is C21H24N6. The summed E-state index contributed by atoms with van der Waals surface area (Å²) in [5, 5.41) is 8.87. The Kier molecular flexibility index (Phi) is 3.86. The lowest BCUT2D eigenvalue weighted by atomic mass is 10.1. The second-order valence-corrected chi connectivity index (χ2v) is 7.34. The van der Waals surface area contributed by atoms with E-state index in [0.29, 0.717) is 0 Å². The van der Waals surface area contributed by atoms with E-state index in [0.717, 1.165) is 66.1 Å². The van der Waals surface area contributed by atoms with Crippen molar-refractivity contribution in [1.82, 2.24) is 25.1 Å². The predicted molar refractivity (Wildman–Crippen MR) is 110 cm³/mol. The van der Waals surface area contributed by atoms with Gasteiger partial charge in [-0.3, -0.25) is 5.10 Å². The van der Waals surface area contributed by atoms with Crippen molar-refractivity contribution in [2.45, 2.75) is 13.3 Å². The number of fused-ring (bicyclic) bond motifs is 2. The first-order valence-corrected chi connectivity index (χ1v) is 9.62. The number of hydrogen-bond donors (Lipinski definition) is 2. The van der Waals surface area contributed by atoms with E-state index in [4.69, 9.17) is 4.98 Å². The van der Waals surface area contributed by atoms with E-state index in [-0.39, 0.29) is 0 Å². The topological polar surface area (TPSA) is 63.8 Å². The molecule has 0 spiro atoms. The molecule has 3 heterocycles. The Morgan fingerprint density at radius 3 is 2.74 bits per heavy atom. The summed E-state index contributed by atoms with van der Waals surface area (Å²) >= 11 is 0. The van der Waals surface area contributed by atoms with Gasteiger partial charge in [0.25, 0.3) is 0 Å². The number of piperazine rings is 1. The number of rotatable bonds is 3. The molecule has 6 heteroatoms. The molecule has 2 N–H and O–H groups in total. The Bertz CT molecular complexity index is 1100. The standard InChI is InChI=1S/C21H24N6/c1-3-14-5-4-6-16-19(14)24-25-20(16)21-22-17-8-7-15(13-18(17)23-21)27-11-9-26(2)10-12-27/h4-8,13H,3,9-12H2,1-2H3,(H,22,23)(H,24,25). The van der Waals surface area contributed by atoms with Gasteiger partial charge >= 0.3 is 0 Å². The average molecular weight is 360 g/mol. The summed E-state index contributed by atoms with van der Waals surface area (Å²) in [6.45, 7) is 6.48. The first-order chi connectivity index (χ1) is 13.2. The fraction of sp³-hybridized carbons (Fsp3) is 0.333. The number of benzene rings is 2. The van der Waals surface area contributed by atoms with Gasteiger partial charge in [-0.05, 0) is 37.2 Å². The number of imidazole rings is 1. The lowest BCUT2D eigenvalue weighted by Gasteiger charge is -2.34. The maximum Gasteiger partial charge on any atom is 0.159 e. The first kappa shape index (κ1) is 16.3. The smallest absolute Gasteiger partial charge is 0.159 e. The van der Waals surface area contributed by atoms with E-state index in [1.54, 1.807) is 0 Å². The molecule has 27 heavy (non-hydrogen) atoms. The van der Waals surface area contributed by atoms with Crippen molar-refractivity contribution in [3.8, 4) is 11.5 Å². The van der Waals surface area contributed by atoms with E-state index in [2.05, 4.69) is 75.4 Å². The van der Waals surface area contributed by atoms with Crippen molar-refractivity contribution in [2.75, 3.05) is 38.1 Å².